The van der Waals surface area contributed by atoms with E-state index >= 15 is 0 Å². The van der Waals surface area contributed by atoms with E-state index in [1.807, 2.05) is 0 Å². The summed E-state index contributed by atoms with van der Waals surface area (Å²) in [4.78, 5) is 11.3. The van der Waals surface area contributed by atoms with Gasteiger partial charge in [-0.05, 0) is 23.9 Å². The largest absolute Gasteiger partial charge is 0.478 e. The Bertz CT molecular complexity index is 687. The summed E-state index contributed by atoms with van der Waals surface area (Å²) in [5, 5.41) is 21.5. The highest BCUT2D eigenvalue weighted by Gasteiger charge is 2.31. The van der Waals surface area contributed by atoms with E-state index in [1.54, 1.807) is 0 Å². The highest BCUT2D eigenvalue weighted by molar-refractivity contribution is 8.00. The molecule has 1 heterocycles. The number of carbonyl (C=O) groups is 1. The molecule has 118 valence electrons. The Balaban J connectivity index is 2.30. The Morgan fingerprint density at radius 1 is 1.36 bits per heavy atom. The number of aromatic carboxylic acids is 1. The normalized spacial score (nSPS) is 11.4. The van der Waals surface area contributed by atoms with Crippen LogP contribution >= 0.6 is 11.8 Å². The van der Waals surface area contributed by atoms with Crippen LogP contribution in [0.15, 0.2) is 35.4 Å². The zero-order valence-corrected chi connectivity index (χ0v) is 11.6. The molecule has 0 amide bonds. The van der Waals surface area contributed by atoms with E-state index in [0.717, 1.165) is 12.3 Å². The number of carboxylic acid groups (broad SMARTS) is 1. The molecule has 0 spiro atoms. The second-order valence-electron chi connectivity index (χ2n) is 4.00. The molecule has 10 heteroatoms. The van der Waals surface area contributed by atoms with Gasteiger partial charge in [0, 0.05) is 16.5 Å². The second kappa shape index (κ2) is 6.18. The van der Waals surface area contributed by atoms with Crippen molar-refractivity contribution < 1.29 is 33.0 Å². The van der Waals surface area contributed by atoms with Crippen LogP contribution in [0.1, 0.15) is 15.9 Å². The Labute approximate surface area is 126 Å². The lowest BCUT2D eigenvalue weighted by Crippen LogP contribution is -2.09. The van der Waals surface area contributed by atoms with Gasteiger partial charge in [-0.3, -0.25) is 0 Å². The smallest absolute Gasteiger partial charge is 0.446 e. The van der Waals surface area contributed by atoms with Crippen LogP contribution in [0, 0.1) is 0 Å². The van der Waals surface area contributed by atoms with Crippen molar-refractivity contribution in [1.29, 1.82) is 0 Å². The first-order valence-electron chi connectivity index (χ1n) is 5.75. The average Bonchev–Trinajstić information content (AvgIpc) is 2.81. The fourth-order valence-electron chi connectivity index (χ4n) is 1.66. The Kier molecular flexibility index (Phi) is 4.50. The Morgan fingerprint density at radius 3 is 2.64 bits per heavy atom. The predicted molar refractivity (Wildman–Crippen MR) is 69.1 cm³/mol. The van der Waals surface area contributed by atoms with E-state index < -0.39 is 29.8 Å². The third-order valence-electron chi connectivity index (χ3n) is 2.50. The molecular weight excluding hydrogens is 325 g/mol. The summed E-state index contributed by atoms with van der Waals surface area (Å²) in [5.74, 6) is -1.42. The molecule has 0 bridgehead atoms. The highest BCUT2D eigenvalue weighted by atomic mass is 32.2. The molecule has 6 nitrogen and oxygen atoms in total. The predicted octanol–water partition coefficient (Wildman–Crippen LogP) is 3.01. The minimum absolute atomic E-state index is 0.0503. The fraction of sp³-hybridized carbons (Fsp3) is 0.167. The topological polar surface area (TPSA) is 84.6 Å². The first-order valence-corrected chi connectivity index (χ1v) is 6.56. The molecule has 2 rings (SSSR count). The fourth-order valence-corrected chi connectivity index (χ4v) is 2.34. The van der Waals surface area contributed by atoms with Crippen molar-refractivity contribution in [3.63, 3.8) is 0 Å². The lowest BCUT2D eigenvalue weighted by atomic mass is 10.1. The quantitative estimate of drug-likeness (QED) is 0.646. The summed E-state index contributed by atoms with van der Waals surface area (Å²) in [5.41, 5.74) is -4.97. The summed E-state index contributed by atoms with van der Waals surface area (Å²) in [6, 6.07) is 4.85. The van der Waals surface area contributed by atoms with Crippen molar-refractivity contribution in [2.75, 3.05) is 0 Å². The van der Waals surface area contributed by atoms with Crippen LogP contribution in [-0.2, 0) is 6.61 Å². The lowest BCUT2D eigenvalue weighted by Gasteiger charge is -2.13. The van der Waals surface area contributed by atoms with Crippen molar-refractivity contribution in [2.24, 2.45) is 0 Å². The molecule has 0 aliphatic rings. The Hall–Kier alpha value is -2.36. The van der Waals surface area contributed by atoms with Gasteiger partial charge in [-0.1, -0.05) is 11.2 Å². The number of hydrogen-bond donors (Lipinski definition) is 2. The lowest BCUT2D eigenvalue weighted by molar-refractivity contribution is -0.0328. The van der Waals surface area contributed by atoms with Crippen LogP contribution in [0.5, 0.6) is 5.88 Å². The first-order chi connectivity index (χ1) is 10.3. The molecule has 0 saturated heterocycles. The number of halogens is 3. The van der Waals surface area contributed by atoms with Crippen molar-refractivity contribution in [3.8, 4) is 5.88 Å². The molecule has 0 fully saturated rings. The summed E-state index contributed by atoms with van der Waals surface area (Å²) in [6.07, 6.45) is 1.16. The van der Waals surface area contributed by atoms with E-state index in [4.69, 9.17) is 15.1 Å². The summed E-state index contributed by atoms with van der Waals surface area (Å²) in [7, 11) is 0. The molecule has 1 aromatic heterocycles. The van der Waals surface area contributed by atoms with Crippen molar-refractivity contribution in [3.05, 3.63) is 41.6 Å². The van der Waals surface area contributed by atoms with E-state index in [0.29, 0.717) is 4.85 Å². The second-order valence-corrected chi connectivity index (χ2v) is 5.11. The van der Waals surface area contributed by atoms with E-state index in [1.165, 1.54) is 18.2 Å². The number of ether oxygens (including phenoxy) is 1. The van der Waals surface area contributed by atoms with Crippen molar-refractivity contribution in [1.82, 2.24) is 9.94 Å². The molecular formula is C12H9F3N2O4S. The van der Waals surface area contributed by atoms with Crippen LogP contribution in [0.2, 0.25) is 0 Å². The third kappa shape index (κ3) is 4.07. The van der Waals surface area contributed by atoms with Crippen LogP contribution in [0.3, 0.4) is 0 Å². The number of benzene rings is 1. The van der Waals surface area contributed by atoms with Crippen LogP contribution < -0.4 is 4.74 Å². The zero-order valence-electron chi connectivity index (χ0n) is 10.7. The number of rotatable bonds is 5. The van der Waals surface area contributed by atoms with Gasteiger partial charge in [0.25, 0.3) is 0 Å². The molecule has 1 aromatic carbocycles. The summed E-state index contributed by atoms with van der Waals surface area (Å²) >= 11 is -0.419. The molecule has 2 aromatic rings. The molecule has 0 saturated carbocycles. The van der Waals surface area contributed by atoms with Gasteiger partial charge in [0.05, 0.1) is 11.8 Å². The van der Waals surface area contributed by atoms with Crippen LogP contribution in [0.25, 0.3) is 0 Å². The maximum Gasteiger partial charge on any atom is 0.446 e. The standard InChI is InChI=1S/C12H9F3N2O4S/c13-12(14,15)22-9-3-1-2-7(11(18)19)8(9)6-21-10-4-5-17(20)16-10/h1-5,20H,6H2,(H,18,19). The Morgan fingerprint density at radius 2 is 2.09 bits per heavy atom. The summed E-state index contributed by atoms with van der Waals surface area (Å²) in [6.45, 7) is -0.433. The average molecular weight is 334 g/mol. The van der Waals surface area contributed by atoms with Gasteiger partial charge in [-0.15, -0.1) is 4.85 Å². The number of alkyl halides is 3. The molecule has 0 aliphatic carbocycles. The molecule has 0 atom stereocenters. The minimum Gasteiger partial charge on any atom is -0.478 e. The van der Waals surface area contributed by atoms with E-state index in [-0.39, 0.29) is 21.9 Å². The zero-order chi connectivity index (χ0) is 16.3. The minimum atomic E-state index is -4.56. The van der Waals surface area contributed by atoms with Gasteiger partial charge in [0.2, 0.25) is 5.88 Å². The third-order valence-corrected chi connectivity index (χ3v) is 3.34. The molecule has 0 unspecified atom stereocenters. The number of aromatic nitrogens is 2. The van der Waals surface area contributed by atoms with E-state index in [9.17, 15) is 18.0 Å². The highest BCUT2D eigenvalue weighted by Crippen LogP contribution is 2.39. The van der Waals surface area contributed by atoms with Crippen LogP contribution in [-0.4, -0.2) is 31.7 Å². The molecule has 0 aliphatic heterocycles. The molecule has 22 heavy (non-hydrogen) atoms. The number of nitrogens with zero attached hydrogens (tertiary/aromatic N) is 2. The maximum atomic E-state index is 12.5. The SMILES string of the molecule is O=C(O)c1cccc(SC(F)(F)F)c1COc1ccn(O)n1. The number of carboxylic acids is 1. The molecule has 0 radical (unpaired) electrons. The summed E-state index contributed by atoms with van der Waals surface area (Å²) < 4.78 is 42.8. The van der Waals surface area contributed by atoms with Crippen LogP contribution in [0.4, 0.5) is 13.2 Å². The van der Waals surface area contributed by atoms with Crippen molar-refractivity contribution >= 4 is 17.7 Å². The molecule has 2 N–H and O–H groups in total. The monoisotopic (exact) mass is 334 g/mol. The first kappa shape index (κ1) is 16.0. The van der Waals surface area contributed by atoms with Gasteiger partial charge in [-0.2, -0.15) is 13.2 Å². The van der Waals surface area contributed by atoms with Gasteiger partial charge < -0.3 is 15.1 Å². The van der Waals surface area contributed by atoms with Gasteiger partial charge >= 0.3 is 11.5 Å². The van der Waals surface area contributed by atoms with Gasteiger partial charge in [-0.25, -0.2) is 4.79 Å². The van der Waals surface area contributed by atoms with Gasteiger partial charge in [0.15, 0.2) is 0 Å². The number of thioether (sulfide) groups is 1. The maximum absolute atomic E-state index is 12.5. The number of hydrogen-bond acceptors (Lipinski definition) is 5. The van der Waals surface area contributed by atoms with Gasteiger partial charge in [0.1, 0.15) is 6.61 Å². The van der Waals surface area contributed by atoms with Crippen molar-refractivity contribution in [2.45, 2.75) is 17.0 Å². The van der Waals surface area contributed by atoms with E-state index in [2.05, 4.69) is 5.10 Å².